The molecule has 0 spiro atoms. The average Bonchev–Trinajstić information content (AvgIpc) is 3.29. The number of fused-ring (bicyclic) bond motifs is 1. The van der Waals surface area contributed by atoms with E-state index in [1.54, 1.807) is 19.2 Å². The van der Waals surface area contributed by atoms with Crippen LogP contribution in [0.4, 0.5) is 16.3 Å². The predicted octanol–water partition coefficient (Wildman–Crippen LogP) is 2.96. The second-order valence-corrected chi connectivity index (χ2v) is 8.75. The first kappa shape index (κ1) is 26.3. The van der Waals surface area contributed by atoms with Gasteiger partial charge in [0, 0.05) is 24.4 Å². The molecule has 0 saturated heterocycles. The number of benzene rings is 2. The molecule has 2 aromatic carbocycles. The SMILES string of the molecule is CNCCCN(CCCN)Cc1ccc(-c2cnc(Nc3nc4ccc(OC)cc4[nH]3)[nH]c2=O)cc1F. The number of ether oxygens (including phenoxy) is 1. The summed E-state index contributed by atoms with van der Waals surface area (Å²) < 4.78 is 20.3. The van der Waals surface area contributed by atoms with E-state index >= 15 is 4.39 Å². The highest BCUT2D eigenvalue weighted by molar-refractivity contribution is 5.79. The van der Waals surface area contributed by atoms with Crippen molar-refractivity contribution >= 4 is 22.9 Å². The van der Waals surface area contributed by atoms with Gasteiger partial charge in [-0.3, -0.25) is 20.0 Å². The third-order valence-electron chi connectivity index (χ3n) is 6.06. The summed E-state index contributed by atoms with van der Waals surface area (Å²) in [6, 6.07) is 10.3. The summed E-state index contributed by atoms with van der Waals surface area (Å²) in [6.07, 6.45) is 3.24. The molecule has 10 nitrogen and oxygen atoms in total. The van der Waals surface area contributed by atoms with E-state index in [9.17, 15) is 4.79 Å². The number of H-pyrrole nitrogens is 2. The summed E-state index contributed by atoms with van der Waals surface area (Å²) in [5, 5.41) is 6.10. The van der Waals surface area contributed by atoms with Crippen molar-refractivity contribution in [3.05, 3.63) is 64.3 Å². The van der Waals surface area contributed by atoms with Gasteiger partial charge in [-0.2, -0.15) is 0 Å². The van der Waals surface area contributed by atoms with Crippen molar-refractivity contribution in [2.75, 3.05) is 45.7 Å². The van der Waals surface area contributed by atoms with Gasteiger partial charge in [0.15, 0.2) is 0 Å². The van der Waals surface area contributed by atoms with E-state index in [1.807, 2.05) is 25.2 Å². The van der Waals surface area contributed by atoms with Crippen LogP contribution in [0, 0.1) is 5.82 Å². The van der Waals surface area contributed by atoms with Gasteiger partial charge in [0.2, 0.25) is 11.9 Å². The Kier molecular flexibility index (Phi) is 8.83. The van der Waals surface area contributed by atoms with Gasteiger partial charge >= 0.3 is 0 Å². The zero-order chi connectivity index (χ0) is 26.2. The molecule has 196 valence electrons. The number of nitrogens with two attached hydrogens (primary N) is 1. The second kappa shape index (κ2) is 12.4. The molecule has 11 heteroatoms. The van der Waals surface area contributed by atoms with E-state index in [-0.39, 0.29) is 22.9 Å². The fourth-order valence-electron chi connectivity index (χ4n) is 4.10. The Morgan fingerprint density at radius 1 is 1.11 bits per heavy atom. The topological polar surface area (TPSA) is 137 Å². The Morgan fingerprint density at radius 3 is 2.68 bits per heavy atom. The molecule has 0 amide bonds. The highest BCUT2D eigenvalue weighted by Gasteiger charge is 2.13. The van der Waals surface area contributed by atoms with Gasteiger partial charge in [-0.25, -0.2) is 14.4 Å². The normalized spacial score (nSPS) is 11.4. The van der Waals surface area contributed by atoms with Crippen LogP contribution < -0.4 is 26.7 Å². The summed E-state index contributed by atoms with van der Waals surface area (Å²) in [5.74, 6) is 0.981. The molecule has 4 aromatic rings. The Bertz CT molecular complexity index is 1390. The fourth-order valence-corrected chi connectivity index (χ4v) is 4.10. The van der Waals surface area contributed by atoms with E-state index < -0.39 is 0 Å². The largest absolute Gasteiger partial charge is 0.497 e. The lowest BCUT2D eigenvalue weighted by atomic mass is 10.1. The molecule has 0 bridgehead atoms. The minimum Gasteiger partial charge on any atom is -0.497 e. The molecule has 2 heterocycles. The van der Waals surface area contributed by atoms with Crippen molar-refractivity contribution in [3.63, 3.8) is 0 Å². The standard InChI is InChI=1S/C26H33FN8O2/c1-29-10-4-12-35(11-3-9-28)16-18-6-5-17(13-21(18)27)20-15-30-25(33-24(20)36)34-26-31-22-8-7-19(37-2)14-23(22)32-26/h5-8,13-15,29H,3-4,9-12,16,28H2,1-2H3,(H3,30,31,32,33,34,36). The van der Waals surface area contributed by atoms with Gasteiger partial charge < -0.3 is 20.8 Å². The maximum Gasteiger partial charge on any atom is 0.260 e. The summed E-state index contributed by atoms with van der Waals surface area (Å²) in [7, 11) is 3.51. The van der Waals surface area contributed by atoms with E-state index in [1.165, 1.54) is 12.3 Å². The molecule has 2 aromatic heterocycles. The zero-order valence-electron chi connectivity index (χ0n) is 21.1. The van der Waals surface area contributed by atoms with Crippen molar-refractivity contribution in [1.82, 2.24) is 30.2 Å². The lowest BCUT2D eigenvalue weighted by Crippen LogP contribution is -2.29. The summed E-state index contributed by atoms with van der Waals surface area (Å²) in [5.41, 5.74) is 8.11. The van der Waals surface area contributed by atoms with E-state index in [2.05, 4.69) is 35.5 Å². The molecular formula is C26H33FN8O2. The first-order valence-corrected chi connectivity index (χ1v) is 12.3. The van der Waals surface area contributed by atoms with Gasteiger partial charge in [0.25, 0.3) is 5.56 Å². The number of anilines is 2. The lowest BCUT2D eigenvalue weighted by molar-refractivity contribution is 0.256. The maximum absolute atomic E-state index is 15.0. The molecule has 4 rings (SSSR count). The molecule has 0 aliphatic carbocycles. The fraction of sp³-hybridized carbons (Fsp3) is 0.346. The van der Waals surface area contributed by atoms with Crippen molar-refractivity contribution in [2.45, 2.75) is 19.4 Å². The van der Waals surface area contributed by atoms with Gasteiger partial charge in [0.05, 0.1) is 23.7 Å². The molecule has 0 unspecified atom stereocenters. The Balaban J connectivity index is 1.47. The number of hydrogen-bond acceptors (Lipinski definition) is 8. The quantitative estimate of drug-likeness (QED) is 0.174. The number of imidazole rings is 1. The highest BCUT2D eigenvalue weighted by Crippen LogP contribution is 2.23. The molecule has 0 aliphatic rings. The van der Waals surface area contributed by atoms with Crippen molar-refractivity contribution in [3.8, 4) is 16.9 Å². The lowest BCUT2D eigenvalue weighted by Gasteiger charge is -2.22. The number of methoxy groups -OCH3 is 1. The Hall–Kier alpha value is -3.80. The third-order valence-corrected chi connectivity index (χ3v) is 6.06. The molecule has 0 radical (unpaired) electrons. The molecule has 37 heavy (non-hydrogen) atoms. The van der Waals surface area contributed by atoms with Crippen molar-refractivity contribution in [2.24, 2.45) is 5.73 Å². The van der Waals surface area contributed by atoms with Gasteiger partial charge in [0.1, 0.15) is 11.6 Å². The van der Waals surface area contributed by atoms with E-state index in [4.69, 9.17) is 10.5 Å². The first-order valence-electron chi connectivity index (χ1n) is 12.3. The zero-order valence-corrected chi connectivity index (χ0v) is 21.1. The van der Waals surface area contributed by atoms with E-state index in [0.717, 1.165) is 43.5 Å². The molecular weight excluding hydrogens is 475 g/mol. The van der Waals surface area contributed by atoms with Crippen LogP contribution in [0.5, 0.6) is 5.75 Å². The minimum atomic E-state index is -0.390. The van der Waals surface area contributed by atoms with Gasteiger partial charge in [-0.15, -0.1) is 0 Å². The Morgan fingerprint density at radius 2 is 1.95 bits per heavy atom. The number of nitrogens with zero attached hydrogens (tertiary/aromatic N) is 3. The van der Waals surface area contributed by atoms with Crippen LogP contribution in [0.3, 0.4) is 0 Å². The van der Waals surface area contributed by atoms with Crippen LogP contribution in [0.15, 0.2) is 47.4 Å². The highest BCUT2D eigenvalue weighted by atomic mass is 19.1. The van der Waals surface area contributed by atoms with Gasteiger partial charge in [-0.1, -0.05) is 12.1 Å². The van der Waals surface area contributed by atoms with Gasteiger partial charge in [-0.05, 0) is 69.8 Å². The molecule has 0 aliphatic heterocycles. The smallest absolute Gasteiger partial charge is 0.260 e. The number of hydrogen-bond donors (Lipinski definition) is 5. The maximum atomic E-state index is 15.0. The third kappa shape index (κ3) is 6.70. The van der Waals surface area contributed by atoms with Crippen molar-refractivity contribution in [1.29, 1.82) is 0 Å². The number of halogens is 1. The first-order chi connectivity index (χ1) is 18.0. The molecule has 0 saturated carbocycles. The molecule has 6 N–H and O–H groups in total. The number of rotatable bonds is 13. The second-order valence-electron chi connectivity index (χ2n) is 8.75. The average molecular weight is 509 g/mol. The van der Waals surface area contributed by atoms with Crippen LogP contribution in [-0.2, 0) is 6.54 Å². The minimum absolute atomic E-state index is 0.217. The van der Waals surface area contributed by atoms with Crippen LogP contribution in [0.1, 0.15) is 18.4 Å². The molecule has 0 fully saturated rings. The van der Waals surface area contributed by atoms with Crippen LogP contribution >= 0.6 is 0 Å². The summed E-state index contributed by atoms with van der Waals surface area (Å²) in [4.78, 5) is 29.5. The predicted molar refractivity (Wildman–Crippen MR) is 144 cm³/mol. The summed E-state index contributed by atoms with van der Waals surface area (Å²) >= 11 is 0. The summed E-state index contributed by atoms with van der Waals surface area (Å²) in [6.45, 7) is 3.62. The van der Waals surface area contributed by atoms with Crippen LogP contribution in [0.25, 0.3) is 22.2 Å². The monoisotopic (exact) mass is 508 g/mol. The van der Waals surface area contributed by atoms with E-state index in [0.29, 0.717) is 35.9 Å². The number of aromatic nitrogens is 4. The Labute approximate surface area is 214 Å². The van der Waals surface area contributed by atoms with Crippen LogP contribution in [-0.4, -0.2) is 65.2 Å². The number of nitrogens with one attached hydrogen (secondary N) is 4. The van der Waals surface area contributed by atoms with Crippen LogP contribution in [0.2, 0.25) is 0 Å². The number of aromatic amines is 2. The molecule has 0 atom stereocenters. The van der Waals surface area contributed by atoms with Crippen molar-refractivity contribution < 1.29 is 9.13 Å².